The third-order valence-electron chi connectivity index (χ3n) is 3.53. The lowest BCUT2D eigenvalue weighted by molar-refractivity contribution is -0.136. The molecule has 0 spiro atoms. The number of rotatable bonds is 4. The summed E-state index contributed by atoms with van der Waals surface area (Å²) in [4.78, 5) is 16.3. The number of hydrogen-bond acceptors (Lipinski definition) is 3. The van der Waals surface area contributed by atoms with Gasteiger partial charge in [0.2, 0.25) is 0 Å². The molecule has 0 saturated heterocycles. The van der Waals surface area contributed by atoms with Gasteiger partial charge in [0.1, 0.15) is 11.1 Å². The summed E-state index contributed by atoms with van der Waals surface area (Å²) in [6, 6.07) is 13.9. The van der Waals surface area contributed by atoms with Crippen LogP contribution in [-0.2, 0) is 4.79 Å². The molecule has 0 fully saturated rings. The molecule has 0 saturated carbocycles. The molecule has 3 aromatic rings. The van der Waals surface area contributed by atoms with Crippen LogP contribution in [0.25, 0.3) is 22.0 Å². The zero-order valence-electron chi connectivity index (χ0n) is 12.4. The van der Waals surface area contributed by atoms with Crippen molar-refractivity contribution in [1.82, 2.24) is 4.98 Å². The van der Waals surface area contributed by atoms with E-state index >= 15 is 0 Å². The summed E-state index contributed by atoms with van der Waals surface area (Å²) in [5.74, 6) is -1.13. The average Bonchev–Trinajstić information content (AvgIpc) is 2.55. The molecule has 0 amide bonds. The number of hydrogen-bond donors (Lipinski definition) is 1. The summed E-state index contributed by atoms with van der Waals surface area (Å²) in [6.45, 7) is 1.66. The minimum Gasteiger partial charge on any atom is -0.480 e. The minimum absolute atomic E-state index is 0.275. The van der Waals surface area contributed by atoms with Crippen molar-refractivity contribution in [3.05, 3.63) is 60.5 Å². The lowest BCUT2D eigenvalue weighted by Crippen LogP contribution is -2.11. The van der Waals surface area contributed by atoms with E-state index in [0.717, 1.165) is 26.9 Å². The van der Waals surface area contributed by atoms with Gasteiger partial charge in [-0.05, 0) is 48.4 Å². The van der Waals surface area contributed by atoms with Crippen LogP contribution in [0.5, 0.6) is 0 Å². The summed E-state index contributed by atoms with van der Waals surface area (Å²) in [5.41, 5.74) is 2.65. The largest absolute Gasteiger partial charge is 0.480 e. The topological polar surface area (TPSA) is 50.2 Å². The Morgan fingerprint density at radius 2 is 1.83 bits per heavy atom. The van der Waals surface area contributed by atoms with E-state index in [2.05, 4.69) is 4.98 Å². The van der Waals surface area contributed by atoms with Gasteiger partial charge in [-0.1, -0.05) is 18.2 Å². The number of carboxylic acids is 1. The van der Waals surface area contributed by atoms with E-state index in [0.29, 0.717) is 0 Å². The Morgan fingerprint density at radius 3 is 2.52 bits per heavy atom. The lowest BCUT2D eigenvalue weighted by atomic mass is 10.0. The molecule has 1 N–H and O–H groups in total. The minimum atomic E-state index is -0.852. The smallest absolute Gasteiger partial charge is 0.316 e. The third kappa shape index (κ3) is 3.35. The van der Waals surface area contributed by atoms with Crippen molar-refractivity contribution >= 4 is 28.6 Å². The molecule has 2 aromatic carbocycles. The number of aromatic nitrogens is 1. The number of nitrogens with zero attached hydrogens (tertiary/aromatic N) is 1. The Kier molecular flexibility index (Phi) is 4.30. The molecule has 5 heteroatoms. The van der Waals surface area contributed by atoms with Crippen molar-refractivity contribution < 1.29 is 14.3 Å². The number of halogens is 1. The molecule has 0 bridgehead atoms. The normalized spacial score (nSPS) is 12.3. The molecule has 1 atom stereocenters. The van der Waals surface area contributed by atoms with Gasteiger partial charge in [0.05, 0.1) is 5.52 Å². The predicted molar refractivity (Wildman–Crippen MR) is 90.1 cm³/mol. The van der Waals surface area contributed by atoms with Gasteiger partial charge in [-0.2, -0.15) is 0 Å². The molecule has 0 radical (unpaired) electrons. The van der Waals surface area contributed by atoms with Gasteiger partial charge in [-0.15, -0.1) is 11.8 Å². The highest BCUT2D eigenvalue weighted by atomic mass is 32.2. The molecule has 23 heavy (non-hydrogen) atoms. The Bertz CT molecular complexity index is 865. The molecule has 3 rings (SSSR count). The van der Waals surface area contributed by atoms with Gasteiger partial charge < -0.3 is 5.11 Å². The van der Waals surface area contributed by atoms with E-state index in [1.54, 1.807) is 25.3 Å². The monoisotopic (exact) mass is 327 g/mol. The Balaban J connectivity index is 2.06. The first-order valence-electron chi connectivity index (χ1n) is 7.09. The van der Waals surface area contributed by atoms with E-state index in [-0.39, 0.29) is 5.82 Å². The van der Waals surface area contributed by atoms with E-state index in [1.165, 1.54) is 23.9 Å². The molecule has 116 valence electrons. The van der Waals surface area contributed by atoms with Crippen molar-refractivity contribution in [1.29, 1.82) is 0 Å². The Hall–Kier alpha value is -2.40. The fourth-order valence-electron chi connectivity index (χ4n) is 2.29. The van der Waals surface area contributed by atoms with Gasteiger partial charge in [0.15, 0.2) is 0 Å². The number of pyridine rings is 1. The number of fused-ring (bicyclic) bond motifs is 1. The first-order chi connectivity index (χ1) is 11.0. The second kappa shape index (κ2) is 6.38. The summed E-state index contributed by atoms with van der Waals surface area (Å²) in [5, 5.41) is 9.45. The van der Waals surface area contributed by atoms with Crippen LogP contribution in [0.1, 0.15) is 6.92 Å². The van der Waals surface area contributed by atoms with Crippen LogP contribution in [0, 0.1) is 5.82 Å². The maximum absolute atomic E-state index is 13.1. The molecular formula is C18H14FNO2S. The Morgan fingerprint density at radius 1 is 1.13 bits per heavy atom. The quantitative estimate of drug-likeness (QED) is 0.711. The highest BCUT2D eigenvalue weighted by Gasteiger charge is 2.14. The van der Waals surface area contributed by atoms with E-state index in [9.17, 15) is 9.18 Å². The number of carboxylic acid groups (broad SMARTS) is 1. The maximum Gasteiger partial charge on any atom is 0.316 e. The van der Waals surface area contributed by atoms with Crippen LogP contribution in [0.15, 0.2) is 59.6 Å². The Labute approximate surface area is 137 Å². The number of aliphatic carboxylic acids is 1. The molecule has 0 aliphatic carbocycles. The molecule has 3 nitrogen and oxygen atoms in total. The van der Waals surface area contributed by atoms with Crippen molar-refractivity contribution in [3.8, 4) is 11.1 Å². The fraction of sp³-hybridized carbons (Fsp3) is 0.111. The summed E-state index contributed by atoms with van der Waals surface area (Å²) < 4.78 is 13.1. The van der Waals surface area contributed by atoms with Crippen LogP contribution in [0.3, 0.4) is 0 Å². The van der Waals surface area contributed by atoms with Gasteiger partial charge in [-0.25, -0.2) is 4.39 Å². The van der Waals surface area contributed by atoms with Crippen molar-refractivity contribution in [2.75, 3.05) is 0 Å². The molecular weight excluding hydrogens is 313 g/mol. The first-order valence-corrected chi connectivity index (χ1v) is 7.97. The number of thioether (sulfide) groups is 1. The lowest BCUT2D eigenvalue weighted by Gasteiger charge is -2.10. The fourth-order valence-corrected chi connectivity index (χ4v) is 3.20. The SMILES string of the molecule is CC(Sc1ccnc2ccc(-c3ccc(F)cc3)cc12)C(=O)O. The standard InChI is InChI=1S/C18H14FNO2S/c1-11(18(21)22)23-17-8-9-20-16-7-4-13(10-15(16)17)12-2-5-14(19)6-3-12/h2-11H,1H3,(H,21,22). The maximum atomic E-state index is 13.1. The molecule has 1 heterocycles. The second-order valence-corrected chi connectivity index (χ2v) is 6.53. The number of carbonyl (C=O) groups is 1. The van der Waals surface area contributed by atoms with Gasteiger partial charge in [0, 0.05) is 16.5 Å². The van der Waals surface area contributed by atoms with Gasteiger partial charge >= 0.3 is 5.97 Å². The van der Waals surface area contributed by atoms with Crippen molar-refractivity contribution in [2.45, 2.75) is 17.1 Å². The number of benzene rings is 2. The van der Waals surface area contributed by atoms with E-state index in [4.69, 9.17) is 5.11 Å². The van der Waals surface area contributed by atoms with E-state index in [1.807, 2.05) is 24.3 Å². The van der Waals surface area contributed by atoms with Crippen LogP contribution in [-0.4, -0.2) is 21.3 Å². The van der Waals surface area contributed by atoms with Gasteiger partial charge in [0.25, 0.3) is 0 Å². The summed E-state index contributed by atoms with van der Waals surface area (Å²) >= 11 is 1.29. The molecule has 0 aliphatic rings. The average molecular weight is 327 g/mol. The summed E-state index contributed by atoms with van der Waals surface area (Å²) in [7, 11) is 0. The van der Waals surface area contributed by atoms with E-state index < -0.39 is 11.2 Å². The van der Waals surface area contributed by atoms with Crippen LogP contribution in [0.2, 0.25) is 0 Å². The van der Waals surface area contributed by atoms with Gasteiger partial charge in [-0.3, -0.25) is 9.78 Å². The highest BCUT2D eigenvalue weighted by molar-refractivity contribution is 8.00. The molecule has 0 aliphatic heterocycles. The first kappa shape index (κ1) is 15.5. The van der Waals surface area contributed by atoms with Crippen LogP contribution in [0.4, 0.5) is 4.39 Å². The van der Waals surface area contributed by atoms with Crippen LogP contribution >= 0.6 is 11.8 Å². The molecule has 1 aromatic heterocycles. The highest BCUT2D eigenvalue weighted by Crippen LogP contribution is 2.32. The van der Waals surface area contributed by atoms with Crippen LogP contribution < -0.4 is 0 Å². The molecule has 1 unspecified atom stereocenters. The zero-order valence-corrected chi connectivity index (χ0v) is 13.2. The van der Waals surface area contributed by atoms with Crippen molar-refractivity contribution in [3.63, 3.8) is 0 Å². The predicted octanol–water partition coefficient (Wildman–Crippen LogP) is 4.61. The third-order valence-corrected chi connectivity index (χ3v) is 4.70. The zero-order chi connectivity index (χ0) is 16.4. The summed E-state index contributed by atoms with van der Waals surface area (Å²) in [6.07, 6.45) is 1.68. The van der Waals surface area contributed by atoms with Crippen molar-refractivity contribution in [2.24, 2.45) is 0 Å². The second-order valence-electron chi connectivity index (χ2n) is 5.15.